The molecule has 0 aromatic carbocycles. The standard InChI is InChI=1S/C16H28N4S/c1-11(2)7-14(10-19(5)6)17-8-15-13(4)18-16-20(15)9-12(3)21-16/h9,11,14,17H,7-8,10H2,1-6H3. The summed E-state index contributed by atoms with van der Waals surface area (Å²) < 4.78 is 2.24. The first-order chi connectivity index (χ1) is 9.86. The second-order valence-electron chi connectivity index (χ2n) is 6.61. The smallest absolute Gasteiger partial charge is 0.194 e. The fourth-order valence-corrected chi connectivity index (χ4v) is 3.69. The van der Waals surface area contributed by atoms with Crippen LogP contribution in [0.25, 0.3) is 4.96 Å². The van der Waals surface area contributed by atoms with Gasteiger partial charge in [0.2, 0.25) is 0 Å². The van der Waals surface area contributed by atoms with Gasteiger partial charge in [0.05, 0.1) is 11.4 Å². The van der Waals surface area contributed by atoms with Crippen LogP contribution in [0.1, 0.15) is 36.5 Å². The van der Waals surface area contributed by atoms with E-state index in [1.807, 2.05) is 0 Å². The lowest BCUT2D eigenvalue weighted by molar-refractivity contribution is 0.304. The number of nitrogens with zero attached hydrogens (tertiary/aromatic N) is 3. The number of aromatic nitrogens is 2. The van der Waals surface area contributed by atoms with Gasteiger partial charge in [-0.3, -0.25) is 4.40 Å². The molecule has 0 saturated heterocycles. The summed E-state index contributed by atoms with van der Waals surface area (Å²) in [7, 11) is 4.28. The molecule has 21 heavy (non-hydrogen) atoms. The molecule has 1 unspecified atom stereocenters. The van der Waals surface area contributed by atoms with Gasteiger partial charge in [0, 0.05) is 30.2 Å². The number of nitrogens with one attached hydrogen (secondary N) is 1. The van der Waals surface area contributed by atoms with E-state index < -0.39 is 0 Å². The Balaban J connectivity index is 2.09. The average molecular weight is 308 g/mol. The molecule has 0 fully saturated rings. The van der Waals surface area contributed by atoms with Crippen LogP contribution in [0, 0.1) is 19.8 Å². The maximum absolute atomic E-state index is 4.66. The summed E-state index contributed by atoms with van der Waals surface area (Å²) in [5.74, 6) is 0.706. The fraction of sp³-hybridized carbons (Fsp3) is 0.688. The predicted octanol–water partition coefficient (Wildman–Crippen LogP) is 3.08. The zero-order valence-electron chi connectivity index (χ0n) is 14.1. The average Bonchev–Trinajstić information content (AvgIpc) is 2.80. The van der Waals surface area contributed by atoms with Crippen LogP contribution in [-0.2, 0) is 6.54 Å². The molecule has 0 aliphatic heterocycles. The van der Waals surface area contributed by atoms with Crippen LogP contribution in [0.4, 0.5) is 0 Å². The number of hydrogen-bond donors (Lipinski definition) is 1. The molecule has 0 amide bonds. The lowest BCUT2D eigenvalue weighted by atomic mass is 10.0. The Hall–Kier alpha value is -0.910. The van der Waals surface area contributed by atoms with Crippen molar-refractivity contribution in [1.29, 1.82) is 0 Å². The summed E-state index contributed by atoms with van der Waals surface area (Å²) in [6, 6.07) is 0.518. The number of fused-ring (bicyclic) bond motifs is 1. The van der Waals surface area contributed by atoms with E-state index >= 15 is 0 Å². The van der Waals surface area contributed by atoms with E-state index in [2.05, 4.69) is 67.6 Å². The highest BCUT2D eigenvalue weighted by molar-refractivity contribution is 7.17. The number of rotatable bonds is 7. The highest BCUT2D eigenvalue weighted by Gasteiger charge is 2.15. The van der Waals surface area contributed by atoms with Gasteiger partial charge in [-0.15, -0.1) is 11.3 Å². The van der Waals surface area contributed by atoms with Gasteiger partial charge >= 0.3 is 0 Å². The highest BCUT2D eigenvalue weighted by atomic mass is 32.1. The van der Waals surface area contributed by atoms with Crippen molar-refractivity contribution in [1.82, 2.24) is 19.6 Å². The third-order valence-electron chi connectivity index (χ3n) is 3.64. The normalized spacial score (nSPS) is 13.7. The Morgan fingerprint density at radius 2 is 2.05 bits per heavy atom. The van der Waals surface area contributed by atoms with Gasteiger partial charge in [-0.05, 0) is 40.3 Å². The van der Waals surface area contributed by atoms with Crippen LogP contribution >= 0.6 is 11.3 Å². The molecular formula is C16H28N4S. The van der Waals surface area contributed by atoms with Crippen LogP contribution in [0.15, 0.2) is 6.20 Å². The minimum atomic E-state index is 0.518. The Labute approximate surface area is 132 Å². The van der Waals surface area contributed by atoms with Crippen LogP contribution in [0.5, 0.6) is 0 Å². The van der Waals surface area contributed by atoms with Crippen LogP contribution < -0.4 is 5.32 Å². The van der Waals surface area contributed by atoms with E-state index in [0.29, 0.717) is 12.0 Å². The number of likely N-dealkylation sites (N-methyl/N-ethyl adjacent to an activating group) is 1. The molecule has 118 valence electrons. The molecule has 0 saturated carbocycles. The van der Waals surface area contributed by atoms with Crippen molar-refractivity contribution in [3.05, 3.63) is 22.5 Å². The monoisotopic (exact) mass is 308 g/mol. The van der Waals surface area contributed by atoms with E-state index in [9.17, 15) is 0 Å². The second kappa shape index (κ2) is 6.90. The summed E-state index contributed by atoms with van der Waals surface area (Å²) in [5, 5.41) is 3.73. The van der Waals surface area contributed by atoms with Gasteiger partial charge in [-0.25, -0.2) is 4.98 Å². The molecule has 2 heterocycles. The molecule has 0 aliphatic carbocycles. The minimum absolute atomic E-state index is 0.518. The number of thiazole rings is 1. The topological polar surface area (TPSA) is 32.6 Å². The Bertz CT molecular complexity index is 572. The third kappa shape index (κ3) is 4.28. The minimum Gasteiger partial charge on any atom is -0.308 e. The van der Waals surface area contributed by atoms with Crippen molar-refractivity contribution < 1.29 is 0 Å². The van der Waals surface area contributed by atoms with E-state index in [1.165, 1.54) is 17.0 Å². The molecule has 1 N–H and O–H groups in total. The fourth-order valence-electron chi connectivity index (χ4n) is 2.80. The number of hydrogen-bond acceptors (Lipinski definition) is 4. The van der Waals surface area contributed by atoms with Crippen molar-refractivity contribution in [3.8, 4) is 0 Å². The summed E-state index contributed by atoms with van der Waals surface area (Å²) >= 11 is 1.76. The van der Waals surface area contributed by atoms with Crippen LogP contribution in [0.3, 0.4) is 0 Å². The summed E-state index contributed by atoms with van der Waals surface area (Å²) in [6.07, 6.45) is 3.39. The molecule has 0 bridgehead atoms. The Morgan fingerprint density at radius 1 is 1.33 bits per heavy atom. The molecular weight excluding hydrogens is 280 g/mol. The number of imidazole rings is 1. The predicted molar refractivity (Wildman–Crippen MR) is 91.2 cm³/mol. The quantitative estimate of drug-likeness (QED) is 0.853. The SMILES string of the molecule is Cc1cn2c(CNC(CC(C)C)CN(C)C)c(C)nc2s1. The zero-order valence-corrected chi connectivity index (χ0v) is 14.9. The van der Waals surface area contributed by atoms with Gasteiger partial charge < -0.3 is 10.2 Å². The molecule has 4 nitrogen and oxygen atoms in total. The first kappa shape index (κ1) is 16.5. The largest absolute Gasteiger partial charge is 0.308 e. The molecule has 0 radical (unpaired) electrons. The Kier molecular flexibility index (Phi) is 5.41. The van der Waals surface area contributed by atoms with Gasteiger partial charge in [-0.2, -0.15) is 0 Å². The third-order valence-corrected chi connectivity index (χ3v) is 4.54. The maximum Gasteiger partial charge on any atom is 0.194 e. The van der Waals surface area contributed by atoms with E-state index in [1.54, 1.807) is 11.3 Å². The lowest BCUT2D eigenvalue weighted by Crippen LogP contribution is -2.39. The van der Waals surface area contributed by atoms with E-state index in [0.717, 1.165) is 23.7 Å². The van der Waals surface area contributed by atoms with Crippen molar-refractivity contribution >= 4 is 16.3 Å². The molecule has 0 aliphatic rings. The van der Waals surface area contributed by atoms with Gasteiger partial charge in [0.25, 0.3) is 0 Å². The first-order valence-corrected chi connectivity index (χ1v) is 8.50. The van der Waals surface area contributed by atoms with Crippen molar-refractivity contribution in [2.75, 3.05) is 20.6 Å². The molecule has 2 aromatic rings. The first-order valence-electron chi connectivity index (χ1n) is 7.69. The molecule has 5 heteroatoms. The van der Waals surface area contributed by atoms with Gasteiger partial charge in [0.1, 0.15) is 0 Å². The van der Waals surface area contributed by atoms with Crippen LogP contribution in [-0.4, -0.2) is 41.0 Å². The zero-order chi connectivity index (χ0) is 15.6. The van der Waals surface area contributed by atoms with Crippen molar-refractivity contribution in [2.24, 2.45) is 5.92 Å². The lowest BCUT2D eigenvalue weighted by Gasteiger charge is -2.24. The molecule has 2 aromatic heterocycles. The molecule has 0 spiro atoms. The van der Waals surface area contributed by atoms with Crippen LogP contribution in [0.2, 0.25) is 0 Å². The van der Waals surface area contributed by atoms with Crippen molar-refractivity contribution in [3.63, 3.8) is 0 Å². The van der Waals surface area contributed by atoms with E-state index in [-0.39, 0.29) is 0 Å². The summed E-state index contributed by atoms with van der Waals surface area (Å²) in [5.41, 5.74) is 2.43. The van der Waals surface area contributed by atoms with Crippen molar-refractivity contribution in [2.45, 2.75) is 46.7 Å². The highest BCUT2D eigenvalue weighted by Crippen LogP contribution is 2.20. The summed E-state index contributed by atoms with van der Waals surface area (Å²) in [4.78, 5) is 9.34. The summed E-state index contributed by atoms with van der Waals surface area (Å²) in [6.45, 7) is 10.8. The number of aryl methyl sites for hydroxylation is 2. The second-order valence-corrected chi connectivity index (χ2v) is 7.82. The Morgan fingerprint density at radius 3 is 2.67 bits per heavy atom. The molecule has 2 rings (SSSR count). The van der Waals surface area contributed by atoms with E-state index in [4.69, 9.17) is 0 Å². The maximum atomic E-state index is 4.66. The van der Waals surface area contributed by atoms with Gasteiger partial charge in [-0.1, -0.05) is 13.8 Å². The van der Waals surface area contributed by atoms with Gasteiger partial charge in [0.15, 0.2) is 4.96 Å². The molecule has 1 atom stereocenters.